The second-order valence-electron chi connectivity index (χ2n) is 5.14. The standard InChI is InChI=1S/C15H19FN2O/c1-9(2)17-8-14(19)15-10(3)18(4)13-6-5-11(16)7-12(13)15/h5-7,9,17H,8H2,1-4H3. The van der Waals surface area contributed by atoms with Crippen LogP contribution < -0.4 is 5.32 Å². The number of carbonyl (C=O) groups excluding carboxylic acids is 1. The van der Waals surface area contributed by atoms with Gasteiger partial charge in [0.15, 0.2) is 5.78 Å². The van der Waals surface area contributed by atoms with Gasteiger partial charge in [-0.05, 0) is 25.1 Å². The number of hydrogen-bond donors (Lipinski definition) is 1. The fourth-order valence-corrected chi connectivity index (χ4v) is 2.28. The van der Waals surface area contributed by atoms with E-state index >= 15 is 0 Å². The van der Waals surface area contributed by atoms with Gasteiger partial charge in [-0.15, -0.1) is 0 Å². The van der Waals surface area contributed by atoms with Gasteiger partial charge in [0.2, 0.25) is 0 Å². The van der Waals surface area contributed by atoms with Crippen LogP contribution in [0.1, 0.15) is 29.9 Å². The van der Waals surface area contributed by atoms with Crippen molar-refractivity contribution in [2.24, 2.45) is 7.05 Å². The zero-order chi connectivity index (χ0) is 14.2. The van der Waals surface area contributed by atoms with Crippen LogP contribution in [0.3, 0.4) is 0 Å². The lowest BCUT2D eigenvalue weighted by atomic mass is 10.1. The maximum Gasteiger partial charge on any atom is 0.179 e. The average molecular weight is 262 g/mol. The predicted molar refractivity (Wildman–Crippen MR) is 75.1 cm³/mol. The second kappa shape index (κ2) is 5.13. The summed E-state index contributed by atoms with van der Waals surface area (Å²) in [6.07, 6.45) is 0. The first-order chi connectivity index (χ1) is 8.91. The summed E-state index contributed by atoms with van der Waals surface area (Å²) in [6.45, 7) is 6.14. The predicted octanol–water partition coefficient (Wildman–Crippen LogP) is 2.81. The molecule has 0 saturated carbocycles. The van der Waals surface area contributed by atoms with Crippen LogP contribution in [0.25, 0.3) is 10.9 Å². The van der Waals surface area contributed by atoms with E-state index in [0.717, 1.165) is 11.2 Å². The Morgan fingerprint density at radius 1 is 1.42 bits per heavy atom. The SMILES string of the molecule is Cc1c(C(=O)CNC(C)C)c2cc(F)ccc2n1C. The summed E-state index contributed by atoms with van der Waals surface area (Å²) < 4.78 is 15.3. The molecule has 1 heterocycles. The molecule has 0 fully saturated rings. The number of hydrogen-bond acceptors (Lipinski definition) is 2. The second-order valence-corrected chi connectivity index (χ2v) is 5.14. The molecule has 0 amide bonds. The molecule has 0 aliphatic rings. The van der Waals surface area contributed by atoms with Gasteiger partial charge < -0.3 is 9.88 Å². The lowest BCUT2D eigenvalue weighted by Crippen LogP contribution is -2.29. The molecule has 0 bridgehead atoms. The van der Waals surface area contributed by atoms with E-state index in [1.807, 2.05) is 32.4 Å². The van der Waals surface area contributed by atoms with Gasteiger partial charge in [0.1, 0.15) is 5.82 Å². The first-order valence-electron chi connectivity index (χ1n) is 6.43. The summed E-state index contributed by atoms with van der Waals surface area (Å²) in [4.78, 5) is 12.3. The summed E-state index contributed by atoms with van der Waals surface area (Å²) in [6, 6.07) is 4.81. The molecule has 0 atom stereocenters. The van der Waals surface area contributed by atoms with E-state index in [-0.39, 0.29) is 24.2 Å². The molecule has 102 valence electrons. The summed E-state index contributed by atoms with van der Waals surface area (Å²) in [5.41, 5.74) is 2.37. The molecule has 0 radical (unpaired) electrons. The quantitative estimate of drug-likeness (QED) is 0.860. The molecule has 0 unspecified atom stereocenters. The van der Waals surface area contributed by atoms with Crippen molar-refractivity contribution in [1.82, 2.24) is 9.88 Å². The summed E-state index contributed by atoms with van der Waals surface area (Å²) in [5, 5.41) is 3.80. The van der Waals surface area contributed by atoms with Crippen LogP contribution in [0.15, 0.2) is 18.2 Å². The van der Waals surface area contributed by atoms with Crippen molar-refractivity contribution in [2.75, 3.05) is 6.54 Å². The maximum atomic E-state index is 13.4. The van der Waals surface area contributed by atoms with Gasteiger partial charge in [-0.2, -0.15) is 0 Å². The molecular weight excluding hydrogens is 243 g/mol. The molecule has 0 saturated heterocycles. The summed E-state index contributed by atoms with van der Waals surface area (Å²) >= 11 is 0. The number of nitrogens with zero attached hydrogens (tertiary/aromatic N) is 1. The molecule has 1 N–H and O–H groups in total. The van der Waals surface area contributed by atoms with E-state index < -0.39 is 0 Å². The number of rotatable bonds is 4. The lowest BCUT2D eigenvalue weighted by molar-refractivity contribution is 0.0989. The Balaban J connectivity index is 2.50. The van der Waals surface area contributed by atoms with Gasteiger partial charge in [-0.3, -0.25) is 4.79 Å². The smallest absolute Gasteiger partial charge is 0.179 e. The van der Waals surface area contributed by atoms with Crippen LogP contribution in [-0.4, -0.2) is 22.9 Å². The Morgan fingerprint density at radius 2 is 2.11 bits per heavy atom. The first kappa shape index (κ1) is 13.7. The maximum absolute atomic E-state index is 13.4. The molecule has 1 aromatic heterocycles. The first-order valence-corrected chi connectivity index (χ1v) is 6.43. The highest BCUT2D eigenvalue weighted by Crippen LogP contribution is 2.26. The number of halogens is 1. The van der Waals surface area contributed by atoms with Gasteiger partial charge in [-0.1, -0.05) is 13.8 Å². The van der Waals surface area contributed by atoms with E-state index in [0.29, 0.717) is 10.9 Å². The Hall–Kier alpha value is -1.68. The van der Waals surface area contributed by atoms with Crippen LogP contribution in [0, 0.1) is 12.7 Å². The zero-order valence-electron chi connectivity index (χ0n) is 11.7. The highest BCUT2D eigenvalue weighted by Gasteiger charge is 2.18. The molecule has 2 rings (SSSR count). The molecule has 0 aliphatic heterocycles. The van der Waals surface area contributed by atoms with Crippen molar-refractivity contribution in [3.63, 3.8) is 0 Å². The van der Waals surface area contributed by atoms with Crippen molar-refractivity contribution < 1.29 is 9.18 Å². The van der Waals surface area contributed by atoms with Crippen LogP contribution in [0.4, 0.5) is 4.39 Å². The molecular formula is C15H19FN2O. The highest BCUT2D eigenvalue weighted by molar-refractivity contribution is 6.10. The average Bonchev–Trinajstić information content (AvgIpc) is 2.59. The van der Waals surface area contributed by atoms with E-state index in [4.69, 9.17) is 0 Å². The Labute approximate surface area is 112 Å². The van der Waals surface area contributed by atoms with Crippen molar-refractivity contribution >= 4 is 16.7 Å². The third kappa shape index (κ3) is 2.54. The minimum atomic E-state index is -0.316. The minimum Gasteiger partial charge on any atom is -0.347 e. The van der Waals surface area contributed by atoms with E-state index in [1.165, 1.54) is 12.1 Å². The molecule has 4 heteroatoms. The zero-order valence-corrected chi connectivity index (χ0v) is 11.7. The monoisotopic (exact) mass is 262 g/mol. The Bertz CT molecular complexity index is 629. The van der Waals surface area contributed by atoms with Crippen molar-refractivity contribution in [2.45, 2.75) is 26.8 Å². The van der Waals surface area contributed by atoms with Gasteiger partial charge in [-0.25, -0.2) is 4.39 Å². The Morgan fingerprint density at radius 3 is 2.74 bits per heavy atom. The van der Waals surface area contributed by atoms with Crippen molar-refractivity contribution in [3.8, 4) is 0 Å². The number of Topliss-reactive ketones (excluding diaryl/α,β-unsaturated/α-hetero) is 1. The molecule has 19 heavy (non-hydrogen) atoms. The highest BCUT2D eigenvalue weighted by atomic mass is 19.1. The van der Waals surface area contributed by atoms with Gasteiger partial charge in [0.05, 0.1) is 6.54 Å². The molecule has 3 nitrogen and oxygen atoms in total. The molecule has 1 aromatic carbocycles. The van der Waals surface area contributed by atoms with Gasteiger partial charge >= 0.3 is 0 Å². The van der Waals surface area contributed by atoms with E-state index in [9.17, 15) is 9.18 Å². The number of benzene rings is 1. The topological polar surface area (TPSA) is 34.0 Å². The van der Waals surface area contributed by atoms with Crippen LogP contribution in [-0.2, 0) is 7.05 Å². The number of fused-ring (bicyclic) bond motifs is 1. The lowest BCUT2D eigenvalue weighted by Gasteiger charge is -2.07. The number of nitrogens with one attached hydrogen (secondary N) is 1. The largest absolute Gasteiger partial charge is 0.347 e. The number of ketones is 1. The van der Waals surface area contributed by atoms with Crippen LogP contribution >= 0.6 is 0 Å². The van der Waals surface area contributed by atoms with Crippen molar-refractivity contribution in [1.29, 1.82) is 0 Å². The number of aryl methyl sites for hydroxylation is 1. The third-order valence-corrected chi connectivity index (χ3v) is 3.40. The summed E-state index contributed by atoms with van der Waals surface area (Å²) in [5.74, 6) is -0.314. The molecule has 2 aromatic rings. The van der Waals surface area contributed by atoms with Crippen LogP contribution in [0.2, 0.25) is 0 Å². The molecule has 0 aliphatic carbocycles. The van der Waals surface area contributed by atoms with Crippen LogP contribution in [0.5, 0.6) is 0 Å². The number of carbonyl (C=O) groups is 1. The fraction of sp³-hybridized carbons (Fsp3) is 0.400. The minimum absolute atomic E-state index is 0.00222. The van der Waals surface area contributed by atoms with Gasteiger partial charge in [0.25, 0.3) is 0 Å². The normalized spacial score (nSPS) is 11.5. The van der Waals surface area contributed by atoms with E-state index in [1.54, 1.807) is 6.07 Å². The number of aromatic nitrogens is 1. The Kier molecular flexibility index (Phi) is 3.71. The molecule has 0 spiro atoms. The third-order valence-electron chi connectivity index (χ3n) is 3.40. The fourth-order valence-electron chi connectivity index (χ4n) is 2.28. The summed E-state index contributed by atoms with van der Waals surface area (Å²) in [7, 11) is 1.89. The van der Waals surface area contributed by atoms with Gasteiger partial charge in [0, 0.05) is 35.2 Å². The van der Waals surface area contributed by atoms with E-state index in [2.05, 4.69) is 5.32 Å². The van der Waals surface area contributed by atoms with Crippen molar-refractivity contribution in [3.05, 3.63) is 35.3 Å².